The van der Waals surface area contributed by atoms with Crippen LogP contribution >= 0.6 is 22.9 Å². The molecule has 1 aromatic carbocycles. The van der Waals surface area contributed by atoms with Gasteiger partial charge in [0.1, 0.15) is 12.6 Å². The molecule has 3 rings (SSSR count). The molecular formula is C22H21ClF5N5O5S. The molecule has 1 aliphatic heterocycles. The van der Waals surface area contributed by atoms with Crippen molar-refractivity contribution in [3.63, 3.8) is 0 Å². The molecule has 1 fully saturated rings. The molecule has 1 aromatic heterocycles. The molecule has 5 amide bonds. The number of rotatable bonds is 9. The molecule has 0 bridgehead atoms. The Labute approximate surface area is 226 Å². The van der Waals surface area contributed by atoms with Gasteiger partial charge in [0.25, 0.3) is 18.2 Å². The molecule has 0 saturated carbocycles. The predicted octanol–water partition coefficient (Wildman–Crippen LogP) is 3.08. The number of nitrogens with one attached hydrogen (secondary N) is 4. The minimum Gasteiger partial charge on any atom is -0.370 e. The zero-order valence-corrected chi connectivity index (χ0v) is 21.3. The summed E-state index contributed by atoms with van der Waals surface area (Å²) in [6.07, 6.45) is -7.87. The van der Waals surface area contributed by atoms with E-state index in [1.54, 1.807) is 5.32 Å². The predicted molar refractivity (Wildman–Crippen MR) is 131 cm³/mol. The second-order valence-electron chi connectivity index (χ2n) is 7.93. The highest BCUT2D eigenvalue weighted by atomic mass is 35.5. The Morgan fingerprint density at radius 3 is 2.46 bits per heavy atom. The van der Waals surface area contributed by atoms with Gasteiger partial charge >= 0.3 is 12.2 Å². The van der Waals surface area contributed by atoms with Gasteiger partial charge in [0, 0.05) is 18.8 Å². The number of thiophene rings is 1. The van der Waals surface area contributed by atoms with Crippen molar-refractivity contribution < 1.29 is 45.9 Å². The Morgan fingerprint density at radius 1 is 1.10 bits per heavy atom. The first-order valence-electron chi connectivity index (χ1n) is 11.1. The average Bonchev–Trinajstić information content (AvgIpc) is 3.31. The summed E-state index contributed by atoms with van der Waals surface area (Å²) in [5.41, 5.74) is -2.06. The van der Waals surface area contributed by atoms with E-state index >= 15 is 0 Å². The van der Waals surface area contributed by atoms with E-state index in [-0.39, 0.29) is 30.3 Å². The van der Waals surface area contributed by atoms with Crippen LogP contribution in [-0.4, -0.2) is 69.1 Å². The number of ether oxygens (including phenoxy) is 1. The second-order valence-corrected chi connectivity index (χ2v) is 9.64. The van der Waals surface area contributed by atoms with Gasteiger partial charge in [-0.25, -0.2) is 13.6 Å². The first kappa shape index (κ1) is 30.0. The monoisotopic (exact) mass is 597 g/mol. The highest BCUT2D eigenvalue weighted by Crippen LogP contribution is 2.37. The van der Waals surface area contributed by atoms with Crippen molar-refractivity contribution in [1.29, 1.82) is 0 Å². The lowest BCUT2D eigenvalue weighted by Gasteiger charge is -2.28. The lowest BCUT2D eigenvalue weighted by molar-refractivity contribution is -0.137. The minimum absolute atomic E-state index is 0.0245. The van der Waals surface area contributed by atoms with E-state index in [9.17, 15) is 41.1 Å². The average molecular weight is 598 g/mol. The van der Waals surface area contributed by atoms with Crippen LogP contribution in [0.25, 0.3) is 0 Å². The van der Waals surface area contributed by atoms with Crippen LogP contribution in [0.3, 0.4) is 0 Å². The first-order valence-corrected chi connectivity index (χ1v) is 12.3. The number of nitrogens with zero attached hydrogens (tertiary/aromatic N) is 1. The van der Waals surface area contributed by atoms with Gasteiger partial charge in [0.2, 0.25) is 5.91 Å². The Kier molecular flexibility index (Phi) is 10.0. The number of hydrogen-bond acceptors (Lipinski definition) is 6. The summed E-state index contributed by atoms with van der Waals surface area (Å²) in [5.74, 6) is -2.43. The summed E-state index contributed by atoms with van der Waals surface area (Å²) >= 11 is 6.70. The summed E-state index contributed by atoms with van der Waals surface area (Å²) < 4.78 is 71.8. The minimum atomic E-state index is -4.96. The Hall–Kier alpha value is -3.50. The molecule has 0 spiro atoms. The van der Waals surface area contributed by atoms with Crippen LogP contribution in [0.1, 0.15) is 15.2 Å². The standard InChI is InChI=1S/C22H21ClF5N5O5S/c23-16-4-3-15(39-16)20(36)29-8-14(32-21(37)30-9-17(24)25)19(35)31-13-2-1-11(7-12(13)22(26,27)28)33-5-6-38-10-18(33)34/h1-4,7,14,17H,5-6,8-10H2,(H,29,36)(H,31,35)(H2,30,32,37)/t14-/m1/s1. The van der Waals surface area contributed by atoms with E-state index in [0.717, 1.165) is 22.3 Å². The fourth-order valence-corrected chi connectivity index (χ4v) is 4.32. The molecule has 0 radical (unpaired) electrons. The lowest BCUT2D eigenvalue weighted by atomic mass is 10.1. The third-order valence-corrected chi connectivity index (χ3v) is 6.40. The largest absolute Gasteiger partial charge is 0.418 e. The Morgan fingerprint density at radius 2 is 1.85 bits per heavy atom. The smallest absolute Gasteiger partial charge is 0.370 e. The van der Waals surface area contributed by atoms with Crippen molar-refractivity contribution in [3.8, 4) is 0 Å². The number of alkyl halides is 5. The van der Waals surface area contributed by atoms with Gasteiger partial charge < -0.3 is 30.9 Å². The molecule has 4 N–H and O–H groups in total. The molecule has 1 saturated heterocycles. The van der Waals surface area contributed by atoms with E-state index in [1.807, 2.05) is 5.32 Å². The zero-order valence-electron chi connectivity index (χ0n) is 19.7. The van der Waals surface area contributed by atoms with Gasteiger partial charge in [-0.1, -0.05) is 11.6 Å². The van der Waals surface area contributed by atoms with Crippen LogP contribution in [0.4, 0.5) is 38.1 Å². The molecule has 2 aromatic rings. The maximum absolute atomic E-state index is 13.9. The number of carbonyl (C=O) groups is 4. The summed E-state index contributed by atoms with van der Waals surface area (Å²) in [7, 11) is 0. The van der Waals surface area contributed by atoms with Crippen molar-refractivity contribution in [2.75, 3.05) is 43.1 Å². The van der Waals surface area contributed by atoms with Crippen LogP contribution in [0.2, 0.25) is 4.34 Å². The summed E-state index contributed by atoms with van der Waals surface area (Å²) in [6.45, 7) is -1.82. The summed E-state index contributed by atoms with van der Waals surface area (Å²) in [4.78, 5) is 50.6. The molecular weight excluding hydrogens is 577 g/mol. The van der Waals surface area contributed by atoms with Crippen LogP contribution in [-0.2, 0) is 20.5 Å². The summed E-state index contributed by atoms with van der Waals surface area (Å²) in [6, 6.07) is 2.72. The van der Waals surface area contributed by atoms with Crippen molar-refractivity contribution in [2.45, 2.75) is 18.6 Å². The number of anilines is 2. The molecule has 212 valence electrons. The molecule has 0 unspecified atom stereocenters. The van der Waals surface area contributed by atoms with Gasteiger partial charge in [-0.2, -0.15) is 13.2 Å². The fraction of sp³-hybridized carbons (Fsp3) is 0.364. The molecule has 39 heavy (non-hydrogen) atoms. The number of morpholine rings is 1. The quantitative estimate of drug-likeness (QED) is 0.330. The van der Waals surface area contributed by atoms with Crippen molar-refractivity contribution in [2.24, 2.45) is 0 Å². The second kappa shape index (κ2) is 13.0. The molecule has 0 aliphatic carbocycles. The van der Waals surface area contributed by atoms with E-state index in [4.69, 9.17) is 16.3 Å². The van der Waals surface area contributed by atoms with Gasteiger partial charge in [0.05, 0.1) is 33.6 Å². The number of amides is 5. The topological polar surface area (TPSA) is 129 Å². The van der Waals surface area contributed by atoms with E-state index in [0.29, 0.717) is 10.4 Å². The molecule has 1 atom stereocenters. The van der Waals surface area contributed by atoms with Crippen molar-refractivity contribution >= 4 is 58.1 Å². The maximum Gasteiger partial charge on any atom is 0.418 e. The zero-order chi connectivity index (χ0) is 28.7. The SMILES string of the molecule is O=C(NCC(F)F)N[C@H](CNC(=O)c1ccc(Cl)s1)C(=O)Nc1ccc(N2CCOCC2=O)cc1C(F)(F)F. The molecule has 17 heteroatoms. The Bertz CT molecular complexity index is 1230. The highest BCUT2D eigenvalue weighted by Gasteiger charge is 2.36. The van der Waals surface area contributed by atoms with E-state index in [2.05, 4.69) is 10.6 Å². The molecule has 1 aliphatic rings. The van der Waals surface area contributed by atoms with Crippen LogP contribution < -0.4 is 26.2 Å². The van der Waals surface area contributed by atoms with E-state index < -0.39 is 66.7 Å². The van der Waals surface area contributed by atoms with Gasteiger partial charge in [-0.3, -0.25) is 14.4 Å². The third-order valence-electron chi connectivity index (χ3n) is 5.17. The number of urea groups is 1. The fourth-order valence-electron chi connectivity index (χ4n) is 3.36. The molecule has 2 heterocycles. The highest BCUT2D eigenvalue weighted by molar-refractivity contribution is 7.18. The van der Waals surface area contributed by atoms with Gasteiger partial charge in [0.15, 0.2) is 0 Å². The Balaban J connectivity index is 1.81. The number of hydrogen-bond donors (Lipinski definition) is 4. The number of benzene rings is 1. The summed E-state index contributed by atoms with van der Waals surface area (Å²) in [5, 5.41) is 8.24. The van der Waals surface area contributed by atoms with Gasteiger partial charge in [-0.05, 0) is 30.3 Å². The number of halogens is 6. The van der Waals surface area contributed by atoms with Crippen LogP contribution in [0, 0.1) is 0 Å². The van der Waals surface area contributed by atoms with Crippen molar-refractivity contribution in [1.82, 2.24) is 16.0 Å². The van der Waals surface area contributed by atoms with Crippen LogP contribution in [0.5, 0.6) is 0 Å². The molecule has 10 nitrogen and oxygen atoms in total. The maximum atomic E-state index is 13.9. The normalized spacial score (nSPS) is 14.6. The van der Waals surface area contributed by atoms with Crippen LogP contribution in [0.15, 0.2) is 30.3 Å². The first-order chi connectivity index (χ1) is 18.3. The third kappa shape index (κ3) is 8.49. The lowest BCUT2D eigenvalue weighted by Crippen LogP contribution is -2.53. The van der Waals surface area contributed by atoms with Gasteiger partial charge in [-0.15, -0.1) is 11.3 Å². The van der Waals surface area contributed by atoms with Crippen molar-refractivity contribution in [3.05, 3.63) is 45.1 Å². The number of carbonyl (C=O) groups excluding carboxylic acids is 4. The van der Waals surface area contributed by atoms with E-state index in [1.165, 1.54) is 18.2 Å².